The Morgan fingerprint density at radius 2 is 1.48 bits per heavy atom. The minimum Gasteiger partial charge on any atom is -0.461 e. The molecule has 3 rings (SSSR count). The average molecular weight is 371 g/mol. The summed E-state index contributed by atoms with van der Waals surface area (Å²) in [5.41, 5.74) is 5.25. The fraction of sp³-hybridized carbons (Fsp3) is 0.720. The van der Waals surface area contributed by atoms with Crippen LogP contribution in [0.2, 0.25) is 0 Å². The summed E-state index contributed by atoms with van der Waals surface area (Å²) >= 11 is 0. The largest absolute Gasteiger partial charge is 0.461 e. The van der Waals surface area contributed by atoms with Crippen LogP contribution in [0.3, 0.4) is 0 Å². The summed E-state index contributed by atoms with van der Waals surface area (Å²) < 4.78 is 5.24. The Bertz CT molecular complexity index is 611. The first kappa shape index (κ1) is 20.4. The van der Waals surface area contributed by atoms with Crippen LogP contribution in [0.1, 0.15) is 101 Å². The van der Waals surface area contributed by atoms with Gasteiger partial charge in [0.2, 0.25) is 0 Å². The molecule has 1 aromatic carbocycles. The molecule has 0 bridgehead atoms. The van der Waals surface area contributed by atoms with Crippen molar-refractivity contribution < 1.29 is 9.53 Å². The van der Waals surface area contributed by atoms with E-state index in [4.69, 9.17) is 4.74 Å². The van der Waals surface area contributed by atoms with Crippen molar-refractivity contribution in [2.24, 2.45) is 5.41 Å². The molecule has 0 spiro atoms. The fourth-order valence-electron chi connectivity index (χ4n) is 4.39. The van der Waals surface area contributed by atoms with Crippen LogP contribution in [0.25, 0.3) is 0 Å². The smallest absolute Gasteiger partial charge is 0.293 e. The van der Waals surface area contributed by atoms with E-state index < -0.39 is 0 Å². The summed E-state index contributed by atoms with van der Waals surface area (Å²) in [4.78, 5) is 10.5. The minimum absolute atomic E-state index is 0.0749. The topological polar surface area (TPSA) is 26.3 Å². The lowest BCUT2D eigenvalue weighted by molar-refractivity contribution is -0.135. The van der Waals surface area contributed by atoms with Crippen molar-refractivity contribution in [3.05, 3.63) is 34.9 Å². The van der Waals surface area contributed by atoms with Gasteiger partial charge in [-0.2, -0.15) is 0 Å². The quantitative estimate of drug-likeness (QED) is 0.269. The van der Waals surface area contributed by atoms with Gasteiger partial charge in [0.15, 0.2) is 0 Å². The molecule has 2 aliphatic rings. The number of benzene rings is 1. The van der Waals surface area contributed by atoms with Gasteiger partial charge in [0.1, 0.15) is 5.60 Å². The molecule has 0 atom stereocenters. The van der Waals surface area contributed by atoms with Gasteiger partial charge in [-0.25, -0.2) is 0 Å². The highest BCUT2D eigenvalue weighted by Crippen LogP contribution is 2.49. The summed E-state index contributed by atoms with van der Waals surface area (Å²) in [5, 5.41) is 0. The van der Waals surface area contributed by atoms with Crippen LogP contribution in [0, 0.1) is 12.3 Å². The van der Waals surface area contributed by atoms with Crippen molar-refractivity contribution in [2.75, 3.05) is 0 Å². The molecule has 2 fully saturated rings. The molecule has 0 aromatic heterocycles. The first-order valence-corrected chi connectivity index (χ1v) is 11.2. The fourth-order valence-corrected chi connectivity index (χ4v) is 4.39. The van der Waals surface area contributed by atoms with E-state index in [-0.39, 0.29) is 5.60 Å². The normalized spacial score (nSPS) is 18.9. The van der Waals surface area contributed by atoms with Crippen molar-refractivity contribution in [1.82, 2.24) is 0 Å². The standard InChI is InChI=1S/C25H38O2/c1-21-22(10-5-3-7-14-24(2)16-17-24)12-9-13-23(21)11-6-4-8-15-25(18-19-25)27-20-26/h9,12-13,20H,3-8,10-11,14-19H2,1-2H3. The summed E-state index contributed by atoms with van der Waals surface area (Å²) in [6.45, 7) is 5.39. The molecule has 0 radical (unpaired) electrons. The molecule has 1 aromatic rings. The van der Waals surface area contributed by atoms with Gasteiger partial charge in [0.25, 0.3) is 6.47 Å². The van der Waals surface area contributed by atoms with E-state index in [2.05, 4.69) is 32.0 Å². The third kappa shape index (κ3) is 6.36. The highest BCUT2D eigenvalue weighted by molar-refractivity contribution is 5.39. The van der Waals surface area contributed by atoms with Crippen LogP contribution in [-0.2, 0) is 22.4 Å². The molecule has 2 aliphatic carbocycles. The predicted molar refractivity (Wildman–Crippen MR) is 112 cm³/mol. The molecule has 2 nitrogen and oxygen atoms in total. The highest BCUT2D eigenvalue weighted by Gasteiger charge is 2.44. The molecule has 0 saturated heterocycles. The number of unbranched alkanes of at least 4 members (excludes halogenated alkanes) is 4. The summed E-state index contributed by atoms with van der Waals surface area (Å²) in [7, 11) is 0. The van der Waals surface area contributed by atoms with Gasteiger partial charge >= 0.3 is 0 Å². The molecule has 2 heteroatoms. The van der Waals surface area contributed by atoms with Crippen LogP contribution in [0.5, 0.6) is 0 Å². The molecular weight excluding hydrogens is 332 g/mol. The number of hydrogen-bond acceptors (Lipinski definition) is 2. The van der Waals surface area contributed by atoms with Crippen LogP contribution < -0.4 is 0 Å². The Labute approximate surface area is 166 Å². The molecule has 0 amide bonds. The Morgan fingerprint density at radius 1 is 0.889 bits per heavy atom. The number of aryl methyl sites for hydroxylation is 2. The molecule has 27 heavy (non-hydrogen) atoms. The predicted octanol–water partition coefficient (Wildman–Crippen LogP) is 6.71. The molecule has 0 N–H and O–H groups in total. The number of hydrogen-bond donors (Lipinski definition) is 0. The molecule has 0 heterocycles. The van der Waals surface area contributed by atoms with Gasteiger partial charge in [0, 0.05) is 0 Å². The Morgan fingerprint density at radius 3 is 2.00 bits per heavy atom. The van der Waals surface area contributed by atoms with E-state index in [1.54, 1.807) is 5.56 Å². The third-order valence-electron chi connectivity index (χ3n) is 7.07. The van der Waals surface area contributed by atoms with Crippen molar-refractivity contribution in [3.8, 4) is 0 Å². The summed E-state index contributed by atoms with van der Waals surface area (Å²) in [6.07, 6.45) is 17.7. The van der Waals surface area contributed by atoms with Gasteiger partial charge in [-0.15, -0.1) is 0 Å². The SMILES string of the molecule is Cc1c(CCCCCC2(C)CC2)cccc1CCCCCC1(OC=O)CC1. The van der Waals surface area contributed by atoms with Gasteiger partial charge < -0.3 is 4.74 Å². The maximum Gasteiger partial charge on any atom is 0.293 e. The van der Waals surface area contributed by atoms with E-state index in [0.29, 0.717) is 11.9 Å². The van der Waals surface area contributed by atoms with Crippen LogP contribution in [0.4, 0.5) is 0 Å². The van der Waals surface area contributed by atoms with E-state index in [1.807, 2.05) is 0 Å². The van der Waals surface area contributed by atoms with Crippen molar-refractivity contribution in [3.63, 3.8) is 0 Å². The average Bonchev–Trinajstić information content (AvgIpc) is 3.57. The zero-order valence-electron chi connectivity index (χ0n) is 17.5. The number of carbonyl (C=O) groups excluding carboxylic acids is 1. The van der Waals surface area contributed by atoms with Gasteiger partial charge in [0.05, 0.1) is 0 Å². The van der Waals surface area contributed by atoms with E-state index in [9.17, 15) is 4.79 Å². The first-order chi connectivity index (χ1) is 13.1. The number of carbonyl (C=O) groups is 1. The van der Waals surface area contributed by atoms with Crippen molar-refractivity contribution in [2.45, 2.75) is 109 Å². The third-order valence-corrected chi connectivity index (χ3v) is 7.07. The Kier molecular flexibility index (Phi) is 7.00. The Hall–Kier alpha value is -1.31. The maximum atomic E-state index is 10.5. The molecule has 0 unspecified atom stereocenters. The van der Waals surface area contributed by atoms with Gasteiger partial charge in [-0.05, 0) is 99.7 Å². The summed E-state index contributed by atoms with van der Waals surface area (Å²) in [6, 6.07) is 6.89. The second kappa shape index (κ2) is 9.26. The van der Waals surface area contributed by atoms with Gasteiger partial charge in [-0.3, -0.25) is 4.79 Å². The van der Waals surface area contributed by atoms with Crippen LogP contribution >= 0.6 is 0 Å². The second-order valence-corrected chi connectivity index (χ2v) is 9.53. The maximum absolute atomic E-state index is 10.5. The lowest BCUT2D eigenvalue weighted by Crippen LogP contribution is -2.12. The van der Waals surface area contributed by atoms with E-state index in [0.717, 1.165) is 19.3 Å². The highest BCUT2D eigenvalue weighted by atomic mass is 16.5. The second-order valence-electron chi connectivity index (χ2n) is 9.53. The van der Waals surface area contributed by atoms with Crippen molar-refractivity contribution in [1.29, 1.82) is 0 Å². The molecular formula is C25H38O2. The lowest BCUT2D eigenvalue weighted by atomic mass is 9.93. The van der Waals surface area contributed by atoms with Crippen molar-refractivity contribution >= 4 is 6.47 Å². The van der Waals surface area contributed by atoms with E-state index in [1.165, 1.54) is 81.8 Å². The Balaban J connectivity index is 1.33. The zero-order valence-corrected chi connectivity index (χ0v) is 17.5. The lowest BCUT2D eigenvalue weighted by Gasteiger charge is -2.14. The minimum atomic E-state index is -0.0749. The van der Waals surface area contributed by atoms with Gasteiger partial charge in [-0.1, -0.05) is 44.4 Å². The van der Waals surface area contributed by atoms with Crippen LogP contribution in [-0.4, -0.2) is 12.1 Å². The van der Waals surface area contributed by atoms with E-state index >= 15 is 0 Å². The van der Waals surface area contributed by atoms with Crippen LogP contribution in [0.15, 0.2) is 18.2 Å². The zero-order chi connectivity index (χ0) is 19.2. The monoisotopic (exact) mass is 370 g/mol. The molecule has 150 valence electrons. The number of rotatable bonds is 14. The summed E-state index contributed by atoms with van der Waals surface area (Å²) in [5.74, 6) is 0. The molecule has 2 saturated carbocycles. The molecule has 0 aliphatic heterocycles. The number of ether oxygens (including phenoxy) is 1. The first-order valence-electron chi connectivity index (χ1n) is 11.2.